The average Bonchev–Trinajstić information content (AvgIpc) is 2.36. The Kier molecular flexibility index (Phi) is 3.04. The van der Waals surface area contributed by atoms with E-state index in [1.165, 1.54) is 0 Å². The Balaban J connectivity index is 2.39. The van der Waals surface area contributed by atoms with Gasteiger partial charge in [-0.3, -0.25) is 4.79 Å². The smallest absolute Gasteiger partial charge is 0.252 e. The Bertz CT molecular complexity index is 478. The number of rotatable bonds is 2. The van der Waals surface area contributed by atoms with Crippen molar-refractivity contribution >= 4 is 12.0 Å². The molecule has 0 saturated heterocycles. The normalized spacial score (nSPS) is 13.2. The summed E-state index contributed by atoms with van der Waals surface area (Å²) in [4.78, 5) is 13.4. The first-order chi connectivity index (χ1) is 8.13. The summed E-state index contributed by atoms with van der Waals surface area (Å²) in [7, 11) is 5.05. The molecule has 0 N–H and O–H groups in total. The summed E-state index contributed by atoms with van der Waals surface area (Å²) >= 11 is 0. The van der Waals surface area contributed by atoms with Crippen LogP contribution in [0.1, 0.15) is 5.56 Å². The van der Waals surface area contributed by atoms with Crippen LogP contribution >= 0.6 is 0 Å². The van der Waals surface area contributed by atoms with Crippen LogP contribution in [0.25, 0.3) is 6.08 Å². The van der Waals surface area contributed by atoms with Gasteiger partial charge in [-0.2, -0.15) is 0 Å². The minimum atomic E-state index is -0.0292. The SMILES string of the molecule is COc1cccc2c1OCC(C(=O)N(C)C)=C2. The molecule has 0 aromatic heterocycles. The van der Waals surface area contributed by atoms with Crippen molar-refractivity contribution in [1.29, 1.82) is 0 Å². The fraction of sp³-hybridized carbons (Fsp3) is 0.308. The second kappa shape index (κ2) is 4.49. The van der Waals surface area contributed by atoms with Crippen LogP contribution in [0.15, 0.2) is 23.8 Å². The Morgan fingerprint density at radius 1 is 1.41 bits per heavy atom. The second-order valence-corrected chi connectivity index (χ2v) is 4.04. The first-order valence-corrected chi connectivity index (χ1v) is 5.35. The number of carbonyl (C=O) groups is 1. The highest BCUT2D eigenvalue weighted by molar-refractivity contribution is 5.99. The number of benzene rings is 1. The van der Waals surface area contributed by atoms with E-state index in [0.717, 1.165) is 5.56 Å². The lowest BCUT2D eigenvalue weighted by atomic mass is 10.1. The minimum absolute atomic E-state index is 0.0292. The molecule has 1 aromatic carbocycles. The number of methoxy groups -OCH3 is 1. The van der Waals surface area contributed by atoms with Crippen LogP contribution in [0.2, 0.25) is 0 Å². The quantitative estimate of drug-likeness (QED) is 0.778. The Morgan fingerprint density at radius 2 is 2.18 bits per heavy atom. The lowest BCUT2D eigenvalue weighted by Crippen LogP contribution is -2.27. The maximum Gasteiger partial charge on any atom is 0.252 e. The monoisotopic (exact) mass is 233 g/mol. The molecule has 0 aliphatic carbocycles. The number of likely N-dealkylation sites (N-methyl/N-ethyl adjacent to an activating group) is 1. The van der Waals surface area contributed by atoms with Crippen LogP contribution in [0.3, 0.4) is 0 Å². The molecule has 2 rings (SSSR count). The number of hydrogen-bond donors (Lipinski definition) is 0. The molecule has 0 fully saturated rings. The topological polar surface area (TPSA) is 38.8 Å². The fourth-order valence-corrected chi connectivity index (χ4v) is 1.75. The van der Waals surface area contributed by atoms with Gasteiger partial charge in [-0.1, -0.05) is 12.1 Å². The van der Waals surface area contributed by atoms with Crippen molar-refractivity contribution in [3.63, 3.8) is 0 Å². The summed E-state index contributed by atoms with van der Waals surface area (Å²) in [5.41, 5.74) is 1.52. The van der Waals surface area contributed by atoms with E-state index in [1.54, 1.807) is 26.1 Å². The summed E-state index contributed by atoms with van der Waals surface area (Å²) in [6.07, 6.45) is 1.85. The van der Waals surface area contributed by atoms with Crippen LogP contribution in [0, 0.1) is 0 Å². The van der Waals surface area contributed by atoms with Crippen molar-refractivity contribution in [1.82, 2.24) is 4.90 Å². The van der Waals surface area contributed by atoms with Gasteiger partial charge in [0.15, 0.2) is 11.5 Å². The molecule has 1 aliphatic heterocycles. The van der Waals surface area contributed by atoms with Crippen molar-refractivity contribution in [3.8, 4) is 11.5 Å². The second-order valence-electron chi connectivity index (χ2n) is 4.04. The number of para-hydroxylation sites is 1. The third kappa shape index (κ3) is 2.11. The highest BCUT2D eigenvalue weighted by Crippen LogP contribution is 2.35. The van der Waals surface area contributed by atoms with E-state index in [4.69, 9.17) is 9.47 Å². The number of hydrogen-bond acceptors (Lipinski definition) is 3. The molecule has 0 saturated carbocycles. The molecule has 1 aromatic rings. The van der Waals surface area contributed by atoms with E-state index in [-0.39, 0.29) is 12.5 Å². The van der Waals surface area contributed by atoms with Crippen molar-refractivity contribution in [2.45, 2.75) is 0 Å². The summed E-state index contributed by atoms with van der Waals surface area (Å²) in [5, 5.41) is 0. The van der Waals surface area contributed by atoms with Crippen LogP contribution in [0.4, 0.5) is 0 Å². The number of amides is 1. The highest BCUT2D eigenvalue weighted by atomic mass is 16.5. The maximum absolute atomic E-state index is 11.8. The van der Waals surface area contributed by atoms with Crippen LogP contribution in [-0.2, 0) is 4.79 Å². The van der Waals surface area contributed by atoms with Gasteiger partial charge in [-0.05, 0) is 12.1 Å². The molecule has 0 unspecified atom stereocenters. The van der Waals surface area contributed by atoms with Gasteiger partial charge in [0.2, 0.25) is 0 Å². The van der Waals surface area contributed by atoms with Gasteiger partial charge in [0.1, 0.15) is 6.61 Å². The van der Waals surface area contributed by atoms with Crippen LogP contribution < -0.4 is 9.47 Å². The van der Waals surface area contributed by atoms with Crippen molar-refractivity contribution in [3.05, 3.63) is 29.3 Å². The Hall–Kier alpha value is -1.97. The van der Waals surface area contributed by atoms with Crippen molar-refractivity contribution in [2.24, 2.45) is 0 Å². The average molecular weight is 233 g/mol. The van der Waals surface area contributed by atoms with E-state index in [0.29, 0.717) is 17.1 Å². The van der Waals surface area contributed by atoms with Gasteiger partial charge >= 0.3 is 0 Å². The lowest BCUT2D eigenvalue weighted by Gasteiger charge is -2.21. The van der Waals surface area contributed by atoms with Gasteiger partial charge in [-0.25, -0.2) is 0 Å². The Labute approximate surface area is 100 Å². The first kappa shape index (κ1) is 11.5. The molecule has 17 heavy (non-hydrogen) atoms. The third-order valence-corrected chi connectivity index (χ3v) is 2.61. The van der Waals surface area contributed by atoms with E-state index < -0.39 is 0 Å². The van der Waals surface area contributed by atoms with Gasteiger partial charge in [0.25, 0.3) is 5.91 Å². The number of ether oxygens (including phenoxy) is 2. The summed E-state index contributed by atoms with van der Waals surface area (Å²) in [5.74, 6) is 1.36. The summed E-state index contributed by atoms with van der Waals surface area (Å²) in [6.45, 7) is 0.282. The molecule has 1 amide bonds. The van der Waals surface area contributed by atoms with Gasteiger partial charge < -0.3 is 14.4 Å². The van der Waals surface area contributed by atoms with Gasteiger partial charge in [0, 0.05) is 19.7 Å². The number of nitrogens with zero attached hydrogens (tertiary/aromatic N) is 1. The largest absolute Gasteiger partial charge is 0.493 e. The molecular weight excluding hydrogens is 218 g/mol. The summed E-state index contributed by atoms with van der Waals surface area (Å²) in [6, 6.07) is 5.62. The molecule has 4 heteroatoms. The maximum atomic E-state index is 11.8. The highest BCUT2D eigenvalue weighted by Gasteiger charge is 2.20. The fourth-order valence-electron chi connectivity index (χ4n) is 1.75. The zero-order valence-corrected chi connectivity index (χ0v) is 10.2. The van der Waals surface area contributed by atoms with E-state index in [9.17, 15) is 4.79 Å². The zero-order valence-electron chi connectivity index (χ0n) is 10.2. The number of fused-ring (bicyclic) bond motifs is 1. The third-order valence-electron chi connectivity index (χ3n) is 2.61. The summed E-state index contributed by atoms with van der Waals surface area (Å²) < 4.78 is 10.8. The Morgan fingerprint density at radius 3 is 2.82 bits per heavy atom. The van der Waals surface area contributed by atoms with E-state index >= 15 is 0 Å². The molecule has 90 valence electrons. The predicted molar refractivity (Wildman–Crippen MR) is 65.2 cm³/mol. The molecule has 4 nitrogen and oxygen atoms in total. The molecule has 1 aliphatic rings. The molecular formula is C13H15NO3. The van der Waals surface area contributed by atoms with Crippen molar-refractivity contribution in [2.75, 3.05) is 27.8 Å². The van der Waals surface area contributed by atoms with Crippen molar-refractivity contribution < 1.29 is 14.3 Å². The number of carbonyl (C=O) groups excluding carboxylic acids is 1. The zero-order chi connectivity index (χ0) is 12.4. The van der Waals surface area contributed by atoms with Gasteiger partial charge in [-0.15, -0.1) is 0 Å². The van der Waals surface area contributed by atoms with Crippen LogP contribution in [0.5, 0.6) is 11.5 Å². The first-order valence-electron chi connectivity index (χ1n) is 5.35. The van der Waals surface area contributed by atoms with E-state index in [2.05, 4.69) is 0 Å². The molecule has 0 atom stereocenters. The lowest BCUT2D eigenvalue weighted by molar-refractivity contribution is -0.125. The predicted octanol–water partition coefficient (Wildman–Crippen LogP) is 1.56. The van der Waals surface area contributed by atoms with Crippen LogP contribution in [-0.4, -0.2) is 38.6 Å². The standard InChI is InChI=1S/C13H15NO3/c1-14(2)13(15)10-7-9-5-4-6-11(16-3)12(9)17-8-10/h4-7H,8H2,1-3H3. The molecule has 0 bridgehead atoms. The molecule has 0 radical (unpaired) electrons. The molecule has 1 heterocycles. The van der Waals surface area contributed by atoms with Gasteiger partial charge in [0.05, 0.1) is 12.7 Å². The molecule has 0 spiro atoms. The van der Waals surface area contributed by atoms with E-state index in [1.807, 2.05) is 24.3 Å². The minimum Gasteiger partial charge on any atom is -0.493 e.